The van der Waals surface area contributed by atoms with Crippen molar-refractivity contribution in [2.24, 2.45) is 10.2 Å². The van der Waals surface area contributed by atoms with Gasteiger partial charge in [0.2, 0.25) is 0 Å². The summed E-state index contributed by atoms with van der Waals surface area (Å²) in [6.45, 7) is 5.58. The second-order valence-electron chi connectivity index (χ2n) is 6.02. The average Bonchev–Trinajstić information content (AvgIpc) is 2.51. The summed E-state index contributed by atoms with van der Waals surface area (Å²) < 4.78 is 0. The summed E-state index contributed by atoms with van der Waals surface area (Å²) in [5, 5.41) is 30.4. The van der Waals surface area contributed by atoms with Crippen LogP contribution in [-0.4, -0.2) is 10.2 Å². The number of nitrogen functional groups attached to an aromatic ring is 1. The average molecular weight is 321 g/mol. The van der Waals surface area contributed by atoms with E-state index in [2.05, 4.69) is 10.2 Å². The molecule has 0 unspecified atom stereocenters. The third kappa shape index (κ3) is 2.76. The molecule has 3 aromatic rings. The Balaban J connectivity index is 2.12. The first-order chi connectivity index (χ1) is 11.4. The van der Waals surface area contributed by atoms with Crippen molar-refractivity contribution in [2.45, 2.75) is 20.8 Å². The zero-order chi connectivity index (χ0) is 17.4. The molecule has 3 rings (SSSR count). The molecular weight excluding hydrogens is 302 g/mol. The van der Waals surface area contributed by atoms with E-state index >= 15 is 0 Å². The van der Waals surface area contributed by atoms with Gasteiger partial charge >= 0.3 is 0 Å². The molecule has 0 atom stereocenters. The van der Waals surface area contributed by atoms with Crippen molar-refractivity contribution in [3.05, 3.63) is 53.1 Å². The minimum atomic E-state index is 0.0533. The third-order valence-corrected chi connectivity index (χ3v) is 3.98. The summed E-state index contributed by atoms with van der Waals surface area (Å²) in [5.41, 5.74) is 9.68. The van der Waals surface area contributed by atoms with E-state index in [1.54, 1.807) is 24.3 Å². The van der Waals surface area contributed by atoms with Crippen LogP contribution in [0.25, 0.3) is 10.8 Å². The van der Waals surface area contributed by atoms with E-state index in [0.29, 0.717) is 22.4 Å². The first kappa shape index (κ1) is 15.8. The maximum atomic E-state index is 10.5. The Labute approximate surface area is 140 Å². The van der Waals surface area contributed by atoms with Gasteiger partial charge in [0.25, 0.3) is 0 Å². The minimum absolute atomic E-state index is 0.0533. The fraction of sp³-hybridized carbons (Fsp3) is 0.158. The molecule has 0 saturated carbocycles. The number of hydrogen-bond donors (Lipinski definition) is 3. The predicted molar refractivity (Wildman–Crippen MR) is 96.5 cm³/mol. The number of phenols is 2. The molecule has 24 heavy (non-hydrogen) atoms. The van der Waals surface area contributed by atoms with Crippen LogP contribution in [0.5, 0.6) is 11.5 Å². The van der Waals surface area contributed by atoms with Gasteiger partial charge in [0, 0.05) is 11.1 Å². The first-order valence-electron chi connectivity index (χ1n) is 7.60. The van der Waals surface area contributed by atoms with Crippen LogP contribution < -0.4 is 5.73 Å². The van der Waals surface area contributed by atoms with E-state index < -0.39 is 0 Å². The van der Waals surface area contributed by atoms with Crippen LogP contribution in [0.2, 0.25) is 0 Å². The van der Waals surface area contributed by atoms with E-state index in [4.69, 9.17) is 5.73 Å². The van der Waals surface area contributed by atoms with Crippen molar-refractivity contribution in [3.63, 3.8) is 0 Å². The molecule has 0 fully saturated rings. The van der Waals surface area contributed by atoms with Crippen molar-refractivity contribution in [3.8, 4) is 11.5 Å². The molecule has 0 spiro atoms. The monoisotopic (exact) mass is 321 g/mol. The number of azo groups is 1. The maximum Gasteiger partial charge on any atom is 0.151 e. The highest BCUT2D eigenvalue weighted by atomic mass is 16.3. The Morgan fingerprint density at radius 2 is 1.58 bits per heavy atom. The Hall–Kier alpha value is -3.08. The van der Waals surface area contributed by atoms with Gasteiger partial charge in [-0.15, -0.1) is 10.2 Å². The summed E-state index contributed by atoms with van der Waals surface area (Å²) in [5.74, 6) is 0.146. The highest BCUT2D eigenvalue weighted by molar-refractivity contribution is 5.95. The number of hydrogen-bond acceptors (Lipinski definition) is 5. The van der Waals surface area contributed by atoms with Gasteiger partial charge in [0.15, 0.2) is 5.75 Å². The van der Waals surface area contributed by atoms with Crippen LogP contribution in [0, 0.1) is 20.8 Å². The molecule has 0 aliphatic carbocycles. The molecule has 0 saturated heterocycles. The number of rotatable bonds is 2. The van der Waals surface area contributed by atoms with Crippen LogP contribution in [0.4, 0.5) is 17.1 Å². The van der Waals surface area contributed by atoms with E-state index in [1.165, 1.54) is 0 Å². The number of phenolic OH excluding ortho intramolecular Hbond substituents is 2. The van der Waals surface area contributed by atoms with E-state index in [1.807, 2.05) is 32.9 Å². The highest BCUT2D eigenvalue weighted by Gasteiger charge is 2.11. The van der Waals surface area contributed by atoms with Crippen molar-refractivity contribution in [2.75, 3.05) is 5.73 Å². The number of fused-ring (bicyclic) bond motifs is 1. The van der Waals surface area contributed by atoms with Gasteiger partial charge in [-0.05, 0) is 73.2 Å². The number of aromatic hydroxyl groups is 2. The Bertz CT molecular complexity index is 978. The number of benzene rings is 3. The van der Waals surface area contributed by atoms with Crippen LogP contribution >= 0.6 is 0 Å². The third-order valence-electron chi connectivity index (χ3n) is 3.98. The lowest BCUT2D eigenvalue weighted by Crippen LogP contribution is -1.86. The lowest BCUT2D eigenvalue weighted by atomic mass is 10.0. The van der Waals surface area contributed by atoms with Gasteiger partial charge in [-0.3, -0.25) is 0 Å². The number of anilines is 1. The minimum Gasteiger partial charge on any atom is -0.505 e. The SMILES string of the molecule is Cc1cc(C)c(O)c(N=Nc2c(C)cc3cc(N)ccc3c2O)c1. The van der Waals surface area contributed by atoms with Gasteiger partial charge in [-0.25, -0.2) is 0 Å². The normalized spacial score (nSPS) is 11.5. The molecule has 0 amide bonds. The molecule has 5 heteroatoms. The summed E-state index contributed by atoms with van der Waals surface area (Å²) >= 11 is 0. The van der Waals surface area contributed by atoms with Crippen LogP contribution in [0.1, 0.15) is 16.7 Å². The van der Waals surface area contributed by atoms with Crippen molar-refractivity contribution in [1.29, 1.82) is 0 Å². The van der Waals surface area contributed by atoms with Crippen molar-refractivity contribution >= 4 is 27.8 Å². The molecule has 0 heterocycles. The molecule has 5 nitrogen and oxygen atoms in total. The van der Waals surface area contributed by atoms with Gasteiger partial charge in [0.05, 0.1) is 0 Å². The molecule has 122 valence electrons. The molecule has 3 aromatic carbocycles. The smallest absolute Gasteiger partial charge is 0.151 e. The number of nitrogens with zero attached hydrogens (tertiary/aromatic N) is 2. The highest BCUT2D eigenvalue weighted by Crippen LogP contribution is 2.40. The standard InChI is InChI=1S/C19H19N3O2/c1-10-6-12(3)18(23)16(7-10)21-22-17-11(2)8-13-9-14(20)4-5-15(13)19(17)24/h4-9,23-24H,20H2,1-3H3. The van der Waals surface area contributed by atoms with Crippen LogP contribution in [0.3, 0.4) is 0 Å². The summed E-state index contributed by atoms with van der Waals surface area (Å²) in [7, 11) is 0. The zero-order valence-electron chi connectivity index (χ0n) is 13.8. The first-order valence-corrected chi connectivity index (χ1v) is 7.60. The van der Waals surface area contributed by atoms with Crippen molar-refractivity contribution < 1.29 is 10.2 Å². The summed E-state index contributed by atoms with van der Waals surface area (Å²) in [6, 6.07) is 10.8. The Kier molecular flexibility index (Phi) is 3.85. The number of nitrogens with two attached hydrogens (primary N) is 1. The largest absolute Gasteiger partial charge is 0.505 e. The molecule has 0 aliphatic rings. The molecule has 0 aliphatic heterocycles. The zero-order valence-corrected chi connectivity index (χ0v) is 13.8. The van der Waals surface area contributed by atoms with Crippen molar-refractivity contribution in [1.82, 2.24) is 0 Å². The molecule has 0 radical (unpaired) electrons. The van der Waals surface area contributed by atoms with E-state index in [0.717, 1.165) is 22.1 Å². The summed E-state index contributed by atoms with van der Waals surface area (Å²) in [4.78, 5) is 0. The molecular formula is C19H19N3O2. The van der Waals surface area contributed by atoms with Gasteiger partial charge in [-0.2, -0.15) is 0 Å². The van der Waals surface area contributed by atoms with Crippen LogP contribution in [-0.2, 0) is 0 Å². The Morgan fingerprint density at radius 3 is 2.33 bits per heavy atom. The lowest BCUT2D eigenvalue weighted by molar-refractivity contribution is 0.471. The van der Waals surface area contributed by atoms with E-state index in [9.17, 15) is 10.2 Å². The fourth-order valence-electron chi connectivity index (χ4n) is 2.78. The second kappa shape index (κ2) is 5.85. The molecule has 0 bridgehead atoms. The Morgan fingerprint density at radius 1 is 0.833 bits per heavy atom. The fourth-order valence-corrected chi connectivity index (χ4v) is 2.78. The second-order valence-corrected chi connectivity index (χ2v) is 6.02. The van der Waals surface area contributed by atoms with E-state index in [-0.39, 0.29) is 11.5 Å². The quantitative estimate of drug-likeness (QED) is 0.449. The maximum absolute atomic E-state index is 10.5. The van der Waals surface area contributed by atoms with Gasteiger partial charge in [0.1, 0.15) is 17.1 Å². The molecule has 0 aromatic heterocycles. The lowest BCUT2D eigenvalue weighted by Gasteiger charge is -2.08. The summed E-state index contributed by atoms with van der Waals surface area (Å²) in [6.07, 6.45) is 0. The topological polar surface area (TPSA) is 91.2 Å². The van der Waals surface area contributed by atoms with Gasteiger partial charge in [-0.1, -0.05) is 6.07 Å². The molecule has 4 N–H and O–H groups in total. The van der Waals surface area contributed by atoms with Crippen LogP contribution in [0.15, 0.2) is 46.6 Å². The van der Waals surface area contributed by atoms with Gasteiger partial charge < -0.3 is 15.9 Å². The number of aryl methyl sites for hydroxylation is 3. The predicted octanol–water partition coefficient (Wildman–Crippen LogP) is 5.17.